The van der Waals surface area contributed by atoms with Gasteiger partial charge in [-0.25, -0.2) is 0 Å². The molecule has 1 aromatic carbocycles. The minimum atomic E-state index is 0.433. The van der Waals surface area contributed by atoms with E-state index in [0.29, 0.717) is 11.5 Å². The number of fused-ring (bicyclic) bond motifs is 1. The molecule has 0 bridgehead atoms. The third-order valence-corrected chi connectivity index (χ3v) is 5.64. The lowest BCUT2D eigenvalue weighted by atomic mass is 9.77. The van der Waals surface area contributed by atoms with Gasteiger partial charge in [-0.3, -0.25) is 0 Å². The first-order valence-corrected chi connectivity index (χ1v) is 8.53. The molecular formula is C17H24BrNO. The van der Waals surface area contributed by atoms with E-state index in [-0.39, 0.29) is 0 Å². The number of benzene rings is 1. The molecule has 2 nitrogen and oxygen atoms in total. The van der Waals surface area contributed by atoms with Gasteiger partial charge in [0, 0.05) is 16.9 Å². The van der Waals surface area contributed by atoms with E-state index in [4.69, 9.17) is 4.74 Å². The van der Waals surface area contributed by atoms with Gasteiger partial charge in [-0.15, -0.1) is 0 Å². The minimum absolute atomic E-state index is 0.433. The van der Waals surface area contributed by atoms with Gasteiger partial charge >= 0.3 is 0 Å². The molecule has 2 aliphatic rings. The molecule has 1 aliphatic carbocycles. The number of hydrogen-bond acceptors (Lipinski definition) is 2. The van der Waals surface area contributed by atoms with Crippen molar-refractivity contribution in [2.75, 3.05) is 13.7 Å². The first kappa shape index (κ1) is 14.4. The predicted octanol–water partition coefficient (Wildman–Crippen LogP) is 4.09. The highest BCUT2D eigenvalue weighted by atomic mass is 79.9. The van der Waals surface area contributed by atoms with Crippen LogP contribution in [0, 0.1) is 5.41 Å². The van der Waals surface area contributed by atoms with Crippen molar-refractivity contribution in [3.05, 3.63) is 27.7 Å². The summed E-state index contributed by atoms with van der Waals surface area (Å²) in [6, 6.07) is 4.98. The summed E-state index contributed by atoms with van der Waals surface area (Å²) in [6.45, 7) is 3.28. The fourth-order valence-corrected chi connectivity index (χ4v) is 4.50. The van der Waals surface area contributed by atoms with Gasteiger partial charge in [0.25, 0.3) is 0 Å². The minimum Gasteiger partial charge on any atom is -0.493 e. The van der Waals surface area contributed by atoms with Crippen molar-refractivity contribution in [3.8, 4) is 5.75 Å². The molecule has 1 unspecified atom stereocenters. The van der Waals surface area contributed by atoms with E-state index in [2.05, 4.69) is 47.4 Å². The van der Waals surface area contributed by atoms with E-state index in [9.17, 15) is 0 Å². The second kappa shape index (κ2) is 5.69. The normalized spacial score (nSPS) is 21.6. The van der Waals surface area contributed by atoms with Crippen LogP contribution in [0.3, 0.4) is 0 Å². The summed E-state index contributed by atoms with van der Waals surface area (Å²) in [4.78, 5) is 0. The summed E-state index contributed by atoms with van der Waals surface area (Å²) < 4.78 is 7.06. The van der Waals surface area contributed by atoms with E-state index >= 15 is 0 Å². The zero-order valence-electron chi connectivity index (χ0n) is 12.5. The lowest BCUT2D eigenvalue weighted by Gasteiger charge is -2.34. The van der Waals surface area contributed by atoms with Gasteiger partial charge in [-0.1, -0.05) is 35.7 Å². The summed E-state index contributed by atoms with van der Waals surface area (Å²) in [6.07, 6.45) is 7.55. The molecule has 0 aromatic heterocycles. The summed E-state index contributed by atoms with van der Waals surface area (Å²) in [5.74, 6) is 1.15. The SMILES string of the molecule is CNC(Cc1cc(Br)cc2c1OCC2)C1(C)CCCC1. The topological polar surface area (TPSA) is 21.3 Å². The average molecular weight is 338 g/mol. The Morgan fingerprint density at radius 1 is 1.35 bits per heavy atom. The van der Waals surface area contributed by atoms with Crippen LogP contribution in [0.15, 0.2) is 16.6 Å². The zero-order chi connectivity index (χ0) is 14.2. The number of hydrogen-bond donors (Lipinski definition) is 1. The number of nitrogens with one attached hydrogen (secondary N) is 1. The molecule has 0 spiro atoms. The number of rotatable bonds is 4. The molecule has 110 valence electrons. The highest BCUT2D eigenvalue weighted by Gasteiger charge is 2.36. The summed E-state index contributed by atoms with van der Waals surface area (Å²) in [5.41, 5.74) is 3.16. The molecule has 20 heavy (non-hydrogen) atoms. The van der Waals surface area contributed by atoms with Gasteiger partial charge < -0.3 is 10.1 Å². The van der Waals surface area contributed by atoms with Crippen molar-refractivity contribution in [3.63, 3.8) is 0 Å². The number of halogens is 1. The maximum atomic E-state index is 5.88. The predicted molar refractivity (Wildman–Crippen MR) is 86.5 cm³/mol. The van der Waals surface area contributed by atoms with Crippen LogP contribution in [-0.4, -0.2) is 19.7 Å². The van der Waals surface area contributed by atoms with Crippen molar-refractivity contribution in [1.29, 1.82) is 0 Å². The van der Waals surface area contributed by atoms with Gasteiger partial charge in [0.1, 0.15) is 5.75 Å². The van der Waals surface area contributed by atoms with Crippen molar-refractivity contribution >= 4 is 15.9 Å². The quantitative estimate of drug-likeness (QED) is 0.893. The highest BCUT2D eigenvalue weighted by Crippen LogP contribution is 2.43. The zero-order valence-corrected chi connectivity index (χ0v) is 14.1. The van der Waals surface area contributed by atoms with Crippen LogP contribution >= 0.6 is 15.9 Å². The molecule has 1 heterocycles. The molecule has 1 N–H and O–H groups in total. The van der Waals surface area contributed by atoms with E-state index in [1.807, 2.05) is 0 Å². The fraction of sp³-hybridized carbons (Fsp3) is 0.647. The highest BCUT2D eigenvalue weighted by molar-refractivity contribution is 9.10. The molecule has 0 amide bonds. The smallest absolute Gasteiger partial charge is 0.125 e. The Balaban J connectivity index is 1.86. The van der Waals surface area contributed by atoms with Crippen LogP contribution in [0.4, 0.5) is 0 Å². The molecular weight excluding hydrogens is 314 g/mol. The third-order valence-electron chi connectivity index (χ3n) is 5.18. The monoisotopic (exact) mass is 337 g/mol. The second-order valence-electron chi connectivity index (χ2n) is 6.56. The largest absolute Gasteiger partial charge is 0.493 e. The van der Waals surface area contributed by atoms with Gasteiger partial charge in [0.2, 0.25) is 0 Å². The summed E-state index contributed by atoms with van der Waals surface area (Å²) in [5, 5.41) is 3.57. The van der Waals surface area contributed by atoms with Crippen LogP contribution in [-0.2, 0) is 12.8 Å². The Labute approximate surface area is 130 Å². The van der Waals surface area contributed by atoms with Crippen LogP contribution in [0.5, 0.6) is 5.75 Å². The van der Waals surface area contributed by atoms with Gasteiger partial charge in [-0.2, -0.15) is 0 Å². The molecule has 3 heteroatoms. The van der Waals surface area contributed by atoms with E-state index in [0.717, 1.165) is 25.2 Å². The molecule has 1 saturated carbocycles. The second-order valence-corrected chi connectivity index (χ2v) is 7.47. The first-order valence-electron chi connectivity index (χ1n) is 7.74. The maximum absolute atomic E-state index is 5.88. The molecule has 0 saturated heterocycles. The van der Waals surface area contributed by atoms with Gasteiger partial charge in [0.05, 0.1) is 6.61 Å². The molecule has 1 atom stereocenters. The molecule has 1 aromatic rings. The van der Waals surface area contributed by atoms with E-state index in [1.54, 1.807) is 0 Å². The van der Waals surface area contributed by atoms with Crippen molar-refractivity contribution in [2.45, 2.75) is 51.5 Å². The fourth-order valence-electron chi connectivity index (χ4n) is 3.95. The molecule has 0 radical (unpaired) electrons. The molecule has 1 fully saturated rings. The molecule has 3 rings (SSSR count). The Bertz CT molecular complexity index is 494. The van der Waals surface area contributed by atoms with Crippen molar-refractivity contribution < 1.29 is 4.74 Å². The van der Waals surface area contributed by atoms with Crippen molar-refractivity contribution in [2.24, 2.45) is 5.41 Å². The van der Waals surface area contributed by atoms with Crippen LogP contribution < -0.4 is 10.1 Å². The Morgan fingerprint density at radius 2 is 2.10 bits per heavy atom. The Morgan fingerprint density at radius 3 is 2.80 bits per heavy atom. The van der Waals surface area contributed by atoms with Crippen LogP contribution in [0.2, 0.25) is 0 Å². The first-order chi connectivity index (χ1) is 9.62. The van der Waals surface area contributed by atoms with Crippen LogP contribution in [0.25, 0.3) is 0 Å². The third kappa shape index (κ3) is 2.62. The summed E-state index contributed by atoms with van der Waals surface area (Å²) >= 11 is 3.65. The standard InChI is InChI=1S/C17H24BrNO/c1-17(6-3-4-7-17)15(19-2)11-13-10-14(18)9-12-5-8-20-16(12)13/h9-10,15,19H,3-8,11H2,1-2H3. The molecule has 1 aliphatic heterocycles. The average Bonchev–Trinajstić information content (AvgIpc) is 3.04. The Hall–Kier alpha value is -0.540. The maximum Gasteiger partial charge on any atom is 0.125 e. The number of ether oxygens (including phenoxy) is 1. The summed E-state index contributed by atoms with van der Waals surface area (Å²) in [7, 11) is 2.10. The van der Waals surface area contributed by atoms with Crippen LogP contribution in [0.1, 0.15) is 43.7 Å². The lowest BCUT2D eigenvalue weighted by molar-refractivity contribution is 0.227. The van der Waals surface area contributed by atoms with Gasteiger partial charge in [-0.05, 0) is 55.0 Å². The van der Waals surface area contributed by atoms with Crippen molar-refractivity contribution in [1.82, 2.24) is 5.32 Å². The Kier molecular flexibility index (Phi) is 4.09. The van der Waals surface area contributed by atoms with Gasteiger partial charge in [0.15, 0.2) is 0 Å². The lowest BCUT2D eigenvalue weighted by Crippen LogP contribution is -2.41. The number of likely N-dealkylation sites (N-methyl/N-ethyl adjacent to an activating group) is 1. The van der Waals surface area contributed by atoms with E-state index < -0.39 is 0 Å². The van der Waals surface area contributed by atoms with E-state index in [1.165, 1.54) is 41.3 Å².